The van der Waals surface area contributed by atoms with Gasteiger partial charge < -0.3 is 19.4 Å². The number of nitrogens with zero attached hydrogens (tertiary/aromatic N) is 3. The van der Waals surface area contributed by atoms with Crippen molar-refractivity contribution in [2.75, 3.05) is 44.7 Å². The maximum Gasteiger partial charge on any atom is 0.228 e. The molecule has 2 fully saturated rings. The van der Waals surface area contributed by atoms with Gasteiger partial charge in [0.1, 0.15) is 5.75 Å². The van der Waals surface area contributed by atoms with Gasteiger partial charge in [-0.15, -0.1) is 0 Å². The second-order valence-corrected chi connectivity index (χ2v) is 7.19. The van der Waals surface area contributed by atoms with Gasteiger partial charge in [0, 0.05) is 45.2 Å². The van der Waals surface area contributed by atoms with Crippen LogP contribution in [0.1, 0.15) is 26.7 Å². The SMILES string of the molecule is CCC(C)N1CC(C(=O)N2CCN(c3ccccc3OC)CC2)CC1=O. The average molecular weight is 359 g/mol. The van der Waals surface area contributed by atoms with E-state index in [0.29, 0.717) is 26.1 Å². The van der Waals surface area contributed by atoms with E-state index in [2.05, 4.69) is 24.8 Å². The van der Waals surface area contributed by atoms with Crippen molar-refractivity contribution >= 4 is 17.5 Å². The van der Waals surface area contributed by atoms with Crippen LogP contribution in [0.4, 0.5) is 5.69 Å². The fourth-order valence-corrected chi connectivity index (χ4v) is 3.86. The number of likely N-dealkylation sites (tertiary alicyclic amines) is 1. The second kappa shape index (κ2) is 7.98. The highest BCUT2D eigenvalue weighted by Crippen LogP contribution is 2.29. The van der Waals surface area contributed by atoms with E-state index in [1.54, 1.807) is 7.11 Å². The van der Waals surface area contributed by atoms with E-state index in [-0.39, 0.29) is 23.8 Å². The van der Waals surface area contributed by atoms with Crippen LogP contribution in [0.5, 0.6) is 5.75 Å². The molecule has 2 unspecified atom stereocenters. The van der Waals surface area contributed by atoms with Gasteiger partial charge in [-0.2, -0.15) is 0 Å². The van der Waals surface area contributed by atoms with Gasteiger partial charge >= 0.3 is 0 Å². The summed E-state index contributed by atoms with van der Waals surface area (Å²) < 4.78 is 5.45. The summed E-state index contributed by atoms with van der Waals surface area (Å²) in [6.45, 7) is 7.62. The summed E-state index contributed by atoms with van der Waals surface area (Å²) in [6.07, 6.45) is 1.28. The van der Waals surface area contributed by atoms with Crippen LogP contribution in [0.15, 0.2) is 24.3 Å². The van der Waals surface area contributed by atoms with Crippen LogP contribution >= 0.6 is 0 Å². The van der Waals surface area contributed by atoms with Crippen molar-refractivity contribution in [2.24, 2.45) is 5.92 Å². The number of rotatable bonds is 5. The maximum atomic E-state index is 12.9. The third-order valence-corrected chi connectivity index (χ3v) is 5.65. The first-order valence-electron chi connectivity index (χ1n) is 9.51. The van der Waals surface area contributed by atoms with Crippen molar-refractivity contribution in [3.63, 3.8) is 0 Å². The second-order valence-electron chi connectivity index (χ2n) is 7.19. The molecule has 2 saturated heterocycles. The minimum atomic E-state index is -0.186. The minimum Gasteiger partial charge on any atom is -0.495 e. The third kappa shape index (κ3) is 3.64. The molecule has 0 radical (unpaired) electrons. The number of hydrogen-bond acceptors (Lipinski definition) is 4. The van der Waals surface area contributed by atoms with Crippen molar-refractivity contribution < 1.29 is 14.3 Å². The number of anilines is 1. The molecule has 2 amide bonds. The molecule has 26 heavy (non-hydrogen) atoms. The van der Waals surface area contributed by atoms with Gasteiger partial charge in [-0.1, -0.05) is 19.1 Å². The largest absolute Gasteiger partial charge is 0.495 e. The van der Waals surface area contributed by atoms with Gasteiger partial charge in [-0.05, 0) is 25.5 Å². The van der Waals surface area contributed by atoms with Crippen molar-refractivity contribution in [1.29, 1.82) is 0 Å². The summed E-state index contributed by atoms with van der Waals surface area (Å²) in [4.78, 5) is 31.1. The lowest BCUT2D eigenvalue weighted by Gasteiger charge is -2.37. The molecule has 0 bridgehead atoms. The molecule has 0 aromatic heterocycles. The van der Waals surface area contributed by atoms with Crippen molar-refractivity contribution in [3.05, 3.63) is 24.3 Å². The molecule has 1 aromatic rings. The number of methoxy groups -OCH3 is 1. The molecule has 142 valence electrons. The highest BCUT2D eigenvalue weighted by atomic mass is 16.5. The summed E-state index contributed by atoms with van der Waals surface area (Å²) in [5.74, 6) is 0.918. The molecule has 2 atom stereocenters. The number of hydrogen-bond donors (Lipinski definition) is 0. The molecule has 0 spiro atoms. The van der Waals surface area contributed by atoms with Crippen LogP contribution in [0.25, 0.3) is 0 Å². The van der Waals surface area contributed by atoms with Gasteiger partial charge in [-0.25, -0.2) is 0 Å². The van der Waals surface area contributed by atoms with Gasteiger partial charge in [0.15, 0.2) is 0 Å². The Morgan fingerprint density at radius 3 is 2.58 bits per heavy atom. The fraction of sp³-hybridized carbons (Fsp3) is 0.600. The van der Waals surface area contributed by atoms with Gasteiger partial charge in [0.25, 0.3) is 0 Å². The van der Waals surface area contributed by atoms with E-state index in [4.69, 9.17) is 4.74 Å². The maximum absolute atomic E-state index is 12.9. The van der Waals surface area contributed by atoms with E-state index in [1.165, 1.54) is 0 Å². The Labute approximate surface area is 155 Å². The predicted molar refractivity (Wildman–Crippen MR) is 101 cm³/mol. The predicted octanol–water partition coefficient (Wildman–Crippen LogP) is 1.99. The van der Waals surface area contributed by atoms with Crippen LogP contribution < -0.4 is 9.64 Å². The topological polar surface area (TPSA) is 53.1 Å². The lowest BCUT2D eigenvalue weighted by molar-refractivity contribution is -0.136. The first kappa shape index (κ1) is 18.5. The number of amides is 2. The molecule has 6 nitrogen and oxygen atoms in total. The molecule has 0 aliphatic carbocycles. The van der Waals surface area contributed by atoms with Crippen molar-refractivity contribution in [3.8, 4) is 5.75 Å². The number of para-hydroxylation sites is 2. The smallest absolute Gasteiger partial charge is 0.228 e. The van der Waals surface area contributed by atoms with Crippen LogP contribution in [0.2, 0.25) is 0 Å². The quantitative estimate of drug-likeness (QED) is 0.807. The standard InChI is InChI=1S/C20H29N3O3/c1-4-15(2)23-14-16(13-19(23)24)20(25)22-11-9-21(10-12-22)17-7-5-6-8-18(17)26-3/h5-8,15-16H,4,9-14H2,1-3H3. The molecular formula is C20H29N3O3. The number of ether oxygens (including phenoxy) is 1. The monoisotopic (exact) mass is 359 g/mol. The average Bonchev–Trinajstić information content (AvgIpc) is 3.08. The zero-order chi connectivity index (χ0) is 18.7. The summed E-state index contributed by atoms with van der Waals surface area (Å²) in [5.41, 5.74) is 1.07. The molecule has 6 heteroatoms. The van der Waals surface area contributed by atoms with E-state index in [9.17, 15) is 9.59 Å². The Balaban J connectivity index is 1.58. The number of carbonyl (C=O) groups is 2. The van der Waals surface area contributed by atoms with Gasteiger partial charge in [0.05, 0.1) is 18.7 Å². The summed E-state index contributed by atoms with van der Waals surface area (Å²) in [5, 5.41) is 0. The summed E-state index contributed by atoms with van der Waals surface area (Å²) in [7, 11) is 1.68. The zero-order valence-corrected chi connectivity index (χ0v) is 16.0. The first-order valence-corrected chi connectivity index (χ1v) is 9.51. The summed E-state index contributed by atoms with van der Waals surface area (Å²) in [6, 6.07) is 8.18. The van der Waals surface area contributed by atoms with Crippen molar-refractivity contribution in [1.82, 2.24) is 9.80 Å². The van der Waals surface area contributed by atoms with Crippen LogP contribution in [-0.4, -0.2) is 67.5 Å². The fourth-order valence-electron chi connectivity index (χ4n) is 3.86. The first-order chi connectivity index (χ1) is 12.5. The number of carbonyl (C=O) groups excluding carboxylic acids is 2. The Bertz CT molecular complexity index is 655. The molecule has 0 N–H and O–H groups in total. The number of piperazine rings is 1. The molecule has 1 aromatic carbocycles. The van der Waals surface area contributed by atoms with Crippen molar-refractivity contribution in [2.45, 2.75) is 32.7 Å². The third-order valence-electron chi connectivity index (χ3n) is 5.65. The van der Waals surface area contributed by atoms with E-state index in [1.807, 2.05) is 28.0 Å². The zero-order valence-electron chi connectivity index (χ0n) is 16.0. The van der Waals surface area contributed by atoms with Crippen LogP contribution in [0.3, 0.4) is 0 Å². The van der Waals surface area contributed by atoms with E-state index >= 15 is 0 Å². The summed E-state index contributed by atoms with van der Waals surface area (Å²) >= 11 is 0. The Morgan fingerprint density at radius 1 is 1.23 bits per heavy atom. The van der Waals surface area contributed by atoms with Gasteiger partial charge in [0.2, 0.25) is 11.8 Å². The highest BCUT2D eigenvalue weighted by Gasteiger charge is 2.38. The Hall–Kier alpha value is -2.24. The highest BCUT2D eigenvalue weighted by molar-refractivity contribution is 5.89. The normalized spacial score (nSPS) is 21.9. The van der Waals surface area contributed by atoms with E-state index in [0.717, 1.165) is 30.9 Å². The Morgan fingerprint density at radius 2 is 1.92 bits per heavy atom. The molecular weight excluding hydrogens is 330 g/mol. The van der Waals surface area contributed by atoms with Crippen LogP contribution in [-0.2, 0) is 9.59 Å². The van der Waals surface area contributed by atoms with Crippen LogP contribution in [0, 0.1) is 5.92 Å². The minimum absolute atomic E-state index is 0.116. The lowest BCUT2D eigenvalue weighted by Crippen LogP contribution is -2.50. The molecule has 2 aliphatic rings. The number of benzene rings is 1. The molecule has 0 saturated carbocycles. The molecule has 2 heterocycles. The molecule has 2 aliphatic heterocycles. The Kier molecular flexibility index (Phi) is 5.69. The van der Waals surface area contributed by atoms with Gasteiger partial charge in [-0.3, -0.25) is 9.59 Å². The lowest BCUT2D eigenvalue weighted by atomic mass is 10.1. The molecule has 3 rings (SSSR count). The van der Waals surface area contributed by atoms with E-state index < -0.39 is 0 Å².